The molecule has 0 amide bonds. The molecule has 0 aromatic heterocycles. The molecule has 1 aliphatic heterocycles. The van der Waals surface area contributed by atoms with Crippen LogP contribution >= 0.6 is 0 Å². The molecule has 1 heterocycles. The van der Waals surface area contributed by atoms with Gasteiger partial charge in [-0.1, -0.05) is 20.4 Å². The van der Waals surface area contributed by atoms with Gasteiger partial charge in [-0.25, -0.2) is 4.79 Å². The number of rotatable bonds is 2. The summed E-state index contributed by atoms with van der Waals surface area (Å²) in [6, 6.07) is 0. The van der Waals surface area contributed by atoms with Crippen molar-refractivity contribution in [3.63, 3.8) is 0 Å². The molecule has 62 valence electrons. The van der Waals surface area contributed by atoms with Gasteiger partial charge in [0.25, 0.3) is 0 Å². The van der Waals surface area contributed by atoms with Crippen molar-refractivity contribution in [2.45, 2.75) is 26.1 Å². The third-order valence-electron chi connectivity index (χ3n) is 1.68. The molecule has 0 aliphatic carbocycles. The van der Waals surface area contributed by atoms with Crippen LogP contribution in [0.1, 0.15) is 13.8 Å². The van der Waals surface area contributed by atoms with Crippen molar-refractivity contribution in [2.24, 2.45) is 5.92 Å². The molecule has 1 aliphatic rings. The van der Waals surface area contributed by atoms with Crippen molar-refractivity contribution < 1.29 is 14.3 Å². The molecule has 0 aromatic carbocycles. The second kappa shape index (κ2) is 2.95. The summed E-state index contributed by atoms with van der Waals surface area (Å²) in [5.74, 6) is 0.268. The first-order valence-electron chi connectivity index (χ1n) is 3.65. The molecule has 1 fully saturated rings. The summed E-state index contributed by atoms with van der Waals surface area (Å²) in [6.07, 6.45) is 0.561. The lowest BCUT2D eigenvalue weighted by Gasteiger charge is -2.14. The van der Waals surface area contributed by atoms with Gasteiger partial charge >= 0.3 is 6.16 Å². The lowest BCUT2D eigenvalue weighted by atomic mass is 10.0. The molecule has 0 aromatic rings. The Hall–Kier alpha value is -0.990. The third kappa shape index (κ3) is 1.53. The Kier molecular flexibility index (Phi) is 2.17. The van der Waals surface area contributed by atoms with E-state index in [0.29, 0.717) is 0 Å². The zero-order chi connectivity index (χ0) is 8.43. The van der Waals surface area contributed by atoms with Crippen molar-refractivity contribution in [1.29, 1.82) is 0 Å². The minimum atomic E-state index is -0.589. The van der Waals surface area contributed by atoms with Gasteiger partial charge in [0.1, 0.15) is 6.10 Å². The van der Waals surface area contributed by atoms with E-state index in [-0.39, 0.29) is 18.1 Å². The average molecular weight is 156 g/mol. The van der Waals surface area contributed by atoms with Gasteiger partial charge in [-0.05, 0) is 12.0 Å². The minimum absolute atomic E-state index is 0.167. The number of carbonyl (C=O) groups excluding carboxylic acids is 1. The zero-order valence-corrected chi connectivity index (χ0v) is 6.74. The summed E-state index contributed by atoms with van der Waals surface area (Å²) in [5, 5.41) is 0. The number of carbonyl (C=O) groups is 1. The Labute approximate surface area is 66.0 Å². The Balaban J connectivity index is 2.64. The van der Waals surface area contributed by atoms with Gasteiger partial charge in [-0.2, -0.15) is 0 Å². The summed E-state index contributed by atoms with van der Waals surface area (Å²) in [4.78, 5) is 10.6. The predicted octanol–water partition coefficient (Wildman–Crippen LogP) is 1.73. The molecule has 0 saturated carbocycles. The largest absolute Gasteiger partial charge is 0.509 e. The average Bonchev–Trinajstić information content (AvgIpc) is 2.30. The molecule has 3 heteroatoms. The Bertz CT molecular complexity index is 174. The first-order valence-corrected chi connectivity index (χ1v) is 3.65. The van der Waals surface area contributed by atoms with E-state index >= 15 is 0 Å². The second-order valence-corrected chi connectivity index (χ2v) is 2.89. The van der Waals surface area contributed by atoms with Crippen LogP contribution < -0.4 is 0 Å². The fourth-order valence-corrected chi connectivity index (χ4v) is 1.08. The molecule has 0 spiro atoms. The summed E-state index contributed by atoms with van der Waals surface area (Å²) < 4.78 is 9.70. The monoisotopic (exact) mass is 156 g/mol. The van der Waals surface area contributed by atoms with E-state index in [4.69, 9.17) is 9.47 Å². The van der Waals surface area contributed by atoms with Gasteiger partial charge < -0.3 is 9.47 Å². The summed E-state index contributed by atoms with van der Waals surface area (Å²) in [7, 11) is 0. The van der Waals surface area contributed by atoms with Crippen molar-refractivity contribution in [3.8, 4) is 0 Å². The van der Waals surface area contributed by atoms with E-state index in [0.717, 1.165) is 0 Å². The van der Waals surface area contributed by atoms with Crippen LogP contribution in [0, 0.1) is 5.92 Å². The van der Waals surface area contributed by atoms with Crippen molar-refractivity contribution in [1.82, 2.24) is 0 Å². The molecule has 0 unspecified atom stereocenters. The lowest BCUT2D eigenvalue weighted by molar-refractivity contribution is 0.104. The van der Waals surface area contributed by atoms with Crippen molar-refractivity contribution in [3.05, 3.63) is 12.7 Å². The number of cyclic esters (lactones) is 2. The maximum atomic E-state index is 10.6. The van der Waals surface area contributed by atoms with E-state index in [1.165, 1.54) is 0 Å². The van der Waals surface area contributed by atoms with Crippen LogP contribution in [0.3, 0.4) is 0 Å². The Morgan fingerprint density at radius 2 is 2.18 bits per heavy atom. The first kappa shape index (κ1) is 8.11. The molecule has 11 heavy (non-hydrogen) atoms. The fourth-order valence-electron chi connectivity index (χ4n) is 1.08. The molecular weight excluding hydrogens is 144 g/mol. The van der Waals surface area contributed by atoms with Gasteiger partial charge in [0.2, 0.25) is 0 Å². The van der Waals surface area contributed by atoms with E-state index < -0.39 is 6.16 Å². The highest BCUT2D eigenvalue weighted by atomic mass is 16.8. The van der Waals surface area contributed by atoms with E-state index in [2.05, 4.69) is 6.58 Å². The molecule has 1 saturated heterocycles. The molecule has 1 rings (SSSR count). The highest BCUT2D eigenvalue weighted by molar-refractivity contribution is 5.63. The van der Waals surface area contributed by atoms with Crippen LogP contribution in [0.5, 0.6) is 0 Å². The van der Waals surface area contributed by atoms with Crippen LogP contribution in [0.15, 0.2) is 12.7 Å². The predicted molar refractivity (Wildman–Crippen MR) is 40.2 cm³/mol. The van der Waals surface area contributed by atoms with Crippen LogP contribution in [-0.4, -0.2) is 18.4 Å². The minimum Gasteiger partial charge on any atom is -0.426 e. The second-order valence-electron chi connectivity index (χ2n) is 2.89. The summed E-state index contributed by atoms with van der Waals surface area (Å²) in [5.41, 5.74) is 0. The van der Waals surface area contributed by atoms with Crippen LogP contribution in [0.25, 0.3) is 0 Å². The van der Waals surface area contributed by atoms with Crippen LogP contribution in [0.2, 0.25) is 0 Å². The number of ether oxygens (including phenoxy) is 2. The molecule has 0 bridgehead atoms. The van der Waals surface area contributed by atoms with Crippen LogP contribution in [0.4, 0.5) is 4.79 Å². The van der Waals surface area contributed by atoms with Gasteiger partial charge in [0.05, 0.1) is 0 Å². The fraction of sp³-hybridized carbons (Fsp3) is 0.625. The van der Waals surface area contributed by atoms with E-state index in [9.17, 15) is 4.79 Å². The van der Waals surface area contributed by atoms with Crippen molar-refractivity contribution >= 4 is 6.16 Å². The zero-order valence-electron chi connectivity index (χ0n) is 6.74. The molecule has 2 atom stereocenters. The SMILES string of the molecule is C=C[C@@H]1OC(=O)O[C@H]1C(C)C. The summed E-state index contributed by atoms with van der Waals surface area (Å²) in [6.45, 7) is 7.50. The normalized spacial score (nSPS) is 29.9. The standard InChI is InChI=1S/C8H12O3/c1-4-6-7(5(2)3)11-8(9)10-6/h4-7H,1H2,2-3H3/t6-,7-/m0/s1. The smallest absolute Gasteiger partial charge is 0.426 e. The van der Waals surface area contributed by atoms with Crippen molar-refractivity contribution in [2.75, 3.05) is 0 Å². The lowest BCUT2D eigenvalue weighted by Crippen LogP contribution is -2.25. The van der Waals surface area contributed by atoms with Gasteiger partial charge in [0, 0.05) is 0 Å². The topological polar surface area (TPSA) is 35.5 Å². The van der Waals surface area contributed by atoms with Gasteiger partial charge in [-0.15, -0.1) is 0 Å². The maximum Gasteiger partial charge on any atom is 0.509 e. The van der Waals surface area contributed by atoms with Crippen LogP contribution in [-0.2, 0) is 9.47 Å². The maximum absolute atomic E-state index is 10.6. The number of hydrogen-bond donors (Lipinski definition) is 0. The van der Waals surface area contributed by atoms with Gasteiger partial charge in [-0.3, -0.25) is 0 Å². The molecule has 0 radical (unpaired) electrons. The summed E-state index contributed by atoms with van der Waals surface area (Å²) >= 11 is 0. The van der Waals surface area contributed by atoms with E-state index in [1.54, 1.807) is 6.08 Å². The molecule has 0 N–H and O–H groups in total. The van der Waals surface area contributed by atoms with Gasteiger partial charge in [0.15, 0.2) is 6.10 Å². The quantitative estimate of drug-likeness (QED) is 0.451. The molecular formula is C8H12O3. The highest BCUT2D eigenvalue weighted by Gasteiger charge is 2.36. The highest BCUT2D eigenvalue weighted by Crippen LogP contribution is 2.22. The first-order chi connectivity index (χ1) is 5.15. The molecule has 3 nitrogen and oxygen atoms in total. The third-order valence-corrected chi connectivity index (χ3v) is 1.68. The van der Waals surface area contributed by atoms with E-state index in [1.807, 2.05) is 13.8 Å². The number of hydrogen-bond acceptors (Lipinski definition) is 3. The Morgan fingerprint density at radius 1 is 1.55 bits per heavy atom. The Morgan fingerprint density at radius 3 is 2.55 bits per heavy atom.